The molecule has 2 rings (SSSR count). The van der Waals surface area contributed by atoms with Crippen LogP contribution in [0.4, 0.5) is 11.4 Å². The van der Waals surface area contributed by atoms with Gasteiger partial charge in [-0.25, -0.2) is 16.8 Å². The molecule has 22 heavy (non-hydrogen) atoms. The van der Waals surface area contributed by atoms with Crippen molar-refractivity contribution in [3.8, 4) is 0 Å². The van der Waals surface area contributed by atoms with Crippen LogP contribution < -0.4 is 9.44 Å². The lowest BCUT2D eigenvalue weighted by Gasteiger charge is -2.12. The van der Waals surface area contributed by atoms with Crippen molar-refractivity contribution in [3.05, 3.63) is 35.7 Å². The third-order valence-electron chi connectivity index (χ3n) is 2.70. The Morgan fingerprint density at radius 2 is 1.55 bits per heavy atom. The van der Waals surface area contributed by atoms with Gasteiger partial charge in [-0.2, -0.15) is 0 Å². The maximum absolute atomic E-state index is 12.4. The van der Waals surface area contributed by atoms with Gasteiger partial charge < -0.3 is 4.52 Å². The highest BCUT2D eigenvalue weighted by Crippen LogP contribution is 2.27. The van der Waals surface area contributed by atoms with Gasteiger partial charge in [-0.3, -0.25) is 9.44 Å². The Balaban J connectivity index is 2.43. The zero-order chi connectivity index (χ0) is 16.5. The molecule has 1 aromatic carbocycles. The smallest absolute Gasteiger partial charge is 0.267 e. The Bertz CT molecular complexity index is 881. The van der Waals surface area contributed by atoms with E-state index < -0.39 is 20.0 Å². The molecule has 0 spiro atoms. The molecule has 0 aliphatic heterocycles. The molecular formula is C12H15N3O5S2. The largest absolute Gasteiger partial charge is 0.360 e. The van der Waals surface area contributed by atoms with E-state index in [2.05, 4.69) is 14.6 Å². The van der Waals surface area contributed by atoms with Crippen LogP contribution >= 0.6 is 0 Å². The number of aromatic nitrogens is 1. The van der Waals surface area contributed by atoms with Crippen molar-refractivity contribution in [2.24, 2.45) is 0 Å². The van der Waals surface area contributed by atoms with Crippen molar-refractivity contribution in [1.82, 2.24) is 5.16 Å². The Hall–Kier alpha value is -2.07. The molecule has 1 aromatic heterocycles. The van der Waals surface area contributed by atoms with Crippen LogP contribution in [0.5, 0.6) is 0 Å². The lowest BCUT2D eigenvalue weighted by Crippen LogP contribution is -2.17. The number of benzene rings is 1. The van der Waals surface area contributed by atoms with Crippen LogP contribution in [0.2, 0.25) is 0 Å². The second-order valence-corrected chi connectivity index (χ2v) is 8.05. The lowest BCUT2D eigenvalue weighted by molar-refractivity contribution is 0.390. The molecule has 0 atom stereocenters. The molecule has 0 saturated carbocycles. The first kappa shape index (κ1) is 16.3. The third-order valence-corrected chi connectivity index (χ3v) is 4.90. The molecule has 2 aromatic rings. The lowest BCUT2D eigenvalue weighted by atomic mass is 10.3. The highest BCUT2D eigenvalue weighted by molar-refractivity contribution is 7.93. The monoisotopic (exact) mass is 345 g/mol. The summed E-state index contributed by atoms with van der Waals surface area (Å²) in [4.78, 5) is -0.0679. The van der Waals surface area contributed by atoms with E-state index in [1.807, 2.05) is 0 Å². The predicted octanol–water partition coefficient (Wildman–Crippen LogP) is 1.46. The fourth-order valence-electron chi connectivity index (χ4n) is 1.91. The van der Waals surface area contributed by atoms with Crippen LogP contribution in [0.3, 0.4) is 0 Å². The fraction of sp³-hybridized carbons (Fsp3) is 0.250. The van der Waals surface area contributed by atoms with Gasteiger partial charge in [0.1, 0.15) is 5.69 Å². The van der Waals surface area contributed by atoms with Crippen LogP contribution in [-0.2, 0) is 20.0 Å². The van der Waals surface area contributed by atoms with Gasteiger partial charge in [0.25, 0.3) is 10.0 Å². The minimum Gasteiger partial charge on any atom is -0.360 e. The summed E-state index contributed by atoms with van der Waals surface area (Å²) < 4.78 is 57.0. The van der Waals surface area contributed by atoms with Crippen LogP contribution in [0.25, 0.3) is 0 Å². The highest BCUT2D eigenvalue weighted by Gasteiger charge is 2.25. The summed E-state index contributed by atoms with van der Waals surface area (Å²) in [6.45, 7) is 2.99. The first-order valence-corrected chi connectivity index (χ1v) is 9.50. The number of sulfonamides is 2. The minimum absolute atomic E-state index is 0.0679. The average Bonchev–Trinajstić information content (AvgIpc) is 2.70. The van der Waals surface area contributed by atoms with Gasteiger partial charge in [0.15, 0.2) is 10.7 Å². The van der Waals surface area contributed by atoms with Crippen molar-refractivity contribution in [3.63, 3.8) is 0 Å². The summed E-state index contributed by atoms with van der Waals surface area (Å²) in [6, 6.07) is 6.06. The van der Waals surface area contributed by atoms with E-state index in [1.165, 1.54) is 26.0 Å². The van der Waals surface area contributed by atoms with Gasteiger partial charge in [0.05, 0.1) is 17.6 Å². The minimum atomic E-state index is -3.95. The Morgan fingerprint density at radius 3 is 2.00 bits per heavy atom. The SMILES string of the molecule is Cc1noc(C)c1S(=O)(=O)Nc1ccccc1NS(C)(=O)=O. The van der Waals surface area contributed by atoms with E-state index in [4.69, 9.17) is 4.52 Å². The number of rotatable bonds is 5. The molecular weight excluding hydrogens is 330 g/mol. The summed E-state index contributed by atoms with van der Waals surface area (Å²) in [5.74, 6) is 0.151. The molecule has 0 aliphatic rings. The molecule has 0 aliphatic carbocycles. The second kappa shape index (κ2) is 5.61. The molecule has 0 fully saturated rings. The zero-order valence-corrected chi connectivity index (χ0v) is 13.7. The summed E-state index contributed by atoms with van der Waals surface area (Å²) >= 11 is 0. The quantitative estimate of drug-likeness (QED) is 0.847. The van der Waals surface area contributed by atoms with Crippen LogP contribution in [0.15, 0.2) is 33.7 Å². The topological polar surface area (TPSA) is 118 Å². The molecule has 0 amide bonds. The molecule has 0 bridgehead atoms. The normalized spacial score (nSPS) is 12.1. The summed E-state index contributed by atoms with van der Waals surface area (Å²) in [7, 11) is -7.49. The molecule has 10 heteroatoms. The van der Waals surface area contributed by atoms with Gasteiger partial charge >= 0.3 is 0 Å². The number of hydrogen-bond donors (Lipinski definition) is 2. The van der Waals surface area contributed by atoms with Gasteiger partial charge in [-0.05, 0) is 26.0 Å². The van der Waals surface area contributed by atoms with Crippen molar-refractivity contribution in [2.45, 2.75) is 18.7 Å². The van der Waals surface area contributed by atoms with Gasteiger partial charge in [-0.15, -0.1) is 0 Å². The predicted molar refractivity (Wildman–Crippen MR) is 81.7 cm³/mol. The first-order chi connectivity index (χ1) is 10.1. The Morgan fingerprint density at radius 1 is 1.00 bits per heavy atom. The number of nitrogens with zero attached hydrogens (tertiary/aromatic N) is 1. The molecule has 1 heterocycles. The number of para-hydroxylation sites is 2. The molecule has 0 radical (unpaired) electrons. The van der Waals surface area contributed by atoms with E-state index >= 15 is 0 Å². The molecule has 2 N–H and O–H groups in total. The number of hydrogen-bond acceptors (Lipinski definition) is 6. The molecule has 120 valence electrons. The second-order valence-electron chi connectivity index (χ2n) is 4.68. The average molecular weight is 345 g/mol. The first-order valence-electron chi connectivity index (χ1n) is 6.12. The number of nitrogens with one attached hydrogen (secondary N) is 2. The van der Waals surface area contributed by atoms with E-state index in [1.54, 1.807) is 12.1 Å². The molecule has 0 saturated heterocycles. The Labute approximate surface area is 128 Å². The molecule has 0 unspecified atom stereocenters. The van der Waals surface area contributed by atoms with Gasteiger partial charge in [0, 0.05) is 0 Å². The maximum Gasteiger partial charge on any atom is 0.267 e. The number of aryl methyl sites for hydroxylation is 2. The van der Waals surface area contributed by atoms with E-state index in [0.717, 1.165) is 6.26 Å². The van der Waals surface area contributed by atoms with Crippen molar-refractivity contribution in [2.75, 3.05) is 15.7 Å². The van der Waals surface area contributed by atoms with E-state index in [9.17, 15) is 16.8 Å². The van der Waals surface area contributed by atoms with Crippen LogP contribution in [-0.4, -0.2) is 28.2 Å². The van der Waals surface area contributed by atoms with Gasteiger partial charge in [-0.1, -0.05) is 17.3 Å². The van der Waals surface area contributed by atoms with Crippen LogP contribution in [0, 0.1) is 13.8 Å². The zero-order valence-electron chi connectivity index (χ0n) is 12.1. The number of anilines is 2. The van der Waals surface area contributed by atoms with E-state index in [-0.39, 0.29) is 27.7 Å². The summed E-state index contributed by atoms with van der Waals surface area (Å²) in [6.07, 6.45) is 0.979. The molecule has 8 nitrogen and oxygen atoms in total. The van der Waals surface area contributed by atoms with Gasteiger partial charge in [0.2, 0.25) is 10.0 Å². The maximum atomic E-state index is 12.4. The van der Waals surface area contributed by atoms with Crippen molar-refractivity contribution in [1.29, 1.82) is 0 Å². The van der Waals surface area contributed by atoms with Crippen LogP contribution in [0.1, 0.15) is 11.5 Å². The summed E-state index contributed by atoms with van der Waals surface area (Å²) in [5, 5.41) is 3.60. The highest BCUT2D eigenvalue weighted by atomic mass is 32.2. The Kier molecular flexibility index (Phi) is 4.16. The van der Waals surface area contributed by atoms with Crippen molar-refractivity contribution >= 4 is 31.4 Å². The van der Waals surface area contributed by atoms with Crippen molar-refractivity contribution < 1.29 is 21.4 Å². The standard InChI is InChI=1S/C12H15N3O5S2/c1-8-12(9(2)20-13-8)22(18,19)15-11-7-5-4-6-10(11)14-21(3,16)17/h4-7,14-15H,1-3H3. The van der Waals surface area contributed by atoms with E-state index in [0.29, 0.717) is 0 Å². The fourth-order valence-corrected chi connectivity index (χ4v) is 3.90. The third kappa shape index (κ3) is 3.57. The summed E-state index contributed by atoms with van der Waals surface area (Å²) in [5.41, 5.74) is 0.451.